The van der Waals surface area contributed by atoms with E-state index in [1.807, 2.05) is 11.3 Å². The largest absolute Gasteiger partial charge is 0.310 e. The van der Waals surface area contributed by atoms with E-state index < -0.39 is 0 Å². The van der Waals surface area contributed by atoms with Gasteiger partial charge in [0.2, 0.25) is 0 Å². The highest BCUT2D eigenvalue weighted by molar-refractivity contribution is 7.26. The van der Waals surface area contributed by atoms with E-state index in [0.717, 1.165) is 5.69 Å². The molecule has 2 aliphatic carbocycles. The van der Waals surface area contributed by atoms with Crippen LogP contribution in [0.25, 0.3) is 42.1 Å². The molecule has 1 heterocycles. The zero-order valence-electron chi connectivity index (χ0n) is 35.6. The van der Waals surface area contributed by atoms with Gasteiger partial charge < -0.3 is 4.90 Å². The first-order valence-electron chi connectivity index (χ1n) is 21.3. The van der Waals surface area contributed by atoms with E-state index in [9.17, 15) is 0 Å². The molecular weight excluding hydrogens is 731 g/mol. The van der Waals surface area contributed by atoms with Crippen molar-refractivity contribution >= 4 is 59.3 Å². The van der Waals surface area contributed by atoms with Crippen LogP contribution in [0.1, 0.15) is 95.0 Å². The molecule has 0 fully saturated rings. The Morgan fingerprint density at radius 1 is 0.593 bits per heavy atom. The normalized spacial score (nSPS) is 17.3. The Kier molecular flexibility index (Phi) is 8.71. The number of para-hydroxylation sites is 1. The first-order chi connectivity index (χ1) is 28.3. The third-order valence-corrected chi connectivity index (χ3v) is 14.3. The molecule has 0 bridgehead atoms. The molecule has 0 amide bonds. The van der Waals surface area contributed by atoms with Gasteiger partial charge >= 0.3 is 0 Å². The van der Waals surface area contributed by atoms with Crippen LogP contribution >= 0.6 is 11.3 Å². The minimum absolute atomic E-state index is 0.0208. The predicted octanol–water partition coefficient (Wildman–Crippen LogP) is 16.6. The summed E-state index contributed by atoms with van der Waals surface area (Å²) in [5.41, 5.74) is 14.7. The lowest BCUT2D eigenvalue weighted by Gasteiger charge is -2.36. The topological polar surface area (TPSA) is 3.24 Å². The van der Waals surface area contributed by atoms with Gasteiger partial charge in [-0.15, -0.1) is 11.3 Å². The Balaban J connectivity index is 1.21. The maximum absolute atomic E-state index is 2.57. The van der Waals surface area contributed by atoms with Crippen molar-refractivity contribution in [3.05, 3.63) is 197 Å². The first kappa shape index (κ1) is 37.6. The zero-order valence-corrected chi connectivity index (χ0v) is 36.4. The van der Waals surface area contributed by atoms with Crippen LogP contribution in [0.2, 0.25) is 0 Å². The summed E-state index contributed by atoms with van der Waals surface area (Å²) in [6.07, 6.45) is 7.28. The summed E-state index contributed by atoms with van der Waals surface area (Å²) < 4.78 is 2.61. The van der Waals surface area contributed by atoms with E-state index in [2.05, 4.69) is 224 Å². The molecule has 2 aliphatic rings. The van der Waals surface area contributed by atoms with Crippen molar-refractivity contribution in [3.8, 4) is 11.1 Å². The standard InChI is InChI=1S/C57H53NS/c1-55(2,3)40-34-46(56(4,5)6)54-47(35-40)57(7,8)45-25-16-24-43(52(45)54)42-22-11-13-26-48(42)58(49-27-17-29-51-53(49)44-23-12-14-28-50(44)59-51)41-21-15-20-38(33-41)39-31-30-36-18-9-10-19-37(36)32-39/h9-35,43,52H,1-8H3. The molecule has 2 atom stereocenters. The van der Waals surface area contributed by atoms with Gasteiger partial charge in [0.1, 0.15) is 0 Å². The van der Waals surface area contributed by atoms with E-state index in [-0.39, 0.29) is 28.1 Å². The second-order valence-corrected chi connectivity index (χ2v) is 20.5. The van der Waals surface area contributed by atoms with Crippen LogP contribution in [-0.2, 0) is 16.2 Å². The SMILES string of the molecule is CC(C)(C)c1cc(C(C)(C)C)c2c(c1)C(C)(C)C1=CC=CC(c3ccccc3N(c3cccc(-c4ccc5ccccc5c4)c3)c3cccc4sc5ccccc5c34)C12. The molecule has 59 heavy (non-hydrogen) atoms. The van der Waals surface area contributed by atoms with E-state index in [4.69, 9.17) is 0 Å². The fraction of sp³-hybridized carbons (Fsp3) is 0.228. The Morgan fingerprint density at radius 3 is 2.10 bits per heavy atom. The Morgan fingerprint density at radius 2 is 1.29 bits per heavy atom. The third-order valence-electron chi connectivity index (χ3n) is 13.2. The molecule has 0 aliphatic heterocycles. The summed E-state index contributed by atoms with van der Waals surface area (Å²) in [5, 5.41) is 5.11. The Bertz CT molecular complexity index is 3010. The van der Waals surface area contributed by atoms with Gasteiger partial charge in [0.25, 0.3) is 0 Å². The number of fused-ring (bicyclic) bond motifs is 7. The molecule has 0 spiro atoms. The lowest BCUT2D eigenvalue weighted by molar-refractivity contribution is 0.556. The van der Waals surface area contributed by atoms with Crippen LogP contribution < -0.4 is 4.90 Å². The molecule has 8 aromatic rings. The van der Waals surface area contributed by atoms with Crippen LogP contribution in [0, 0.1) is 0 Å². The number of anilines is 3. The van der Waals surface area contributed by atoms with Gasteiger partial charge in [0.05, 0.1) is 5.69 Å². The van der Waals surface area contributed by atoms with Crippen LogP contribution in [-0.4, -0.2) is 0 Å². The highest BCUT2D eigenvalue weighted by atomic mass is 32.1. The molecule has 0 saturated heterocycles. The van der Waals surface area contributed by atoms with Gasteiger partial charge in [0.15, 0.2) is 0 Å². The fourth-order valence-electron chi connectivity index (χ4n) is 10.1. The molecule has 0 radical (unpaired) electrons. The van der Waals surface area contributed by atoms with Gasteiger partial charge in [-0.3, -0.25) is 0 Å². The van der Waals surface area contributed by atoms with Gasteiger partial charge in [-0.1, -0.05) is 182 Å². The summed E-state index contributed by atoms with van der Waals surface area (Å²) >= 11 is 1.88. The first-order valence-corrected chi connectivity index (χ1v) is 22.1. The zero-order chi connectivity index (χ0) is 40.8. The molecule has 2 unspecified atom stereocenters. The average Bonchev–Trinajstić information content (AvgIpc) is 3.72. The van der Waals surface area contributed by atoms with Gasteiger partial charge in [-0.05, 0) is 103 Å². The van der Waals surface area contributed by atoms with Crippen molar-refractivity contribution in [2.45, 2.75) is 83.5 Å². The average molecular weight is 784 g/mol. The number of allylic oxidation sites excluding steroid dienone is 4. The molecule has 1 aromatic heterocycles. The Labute approximate surface area is 354 Å². The van der Waals surface area contributed by atoms with Crippen molar-refractivity contribution < 1.29 is 0 Å². The summed E-state index contributed by atoms with van der Waals surface area (Å²) in [4.78, 5) is 2.57. The fourth-order valence-corrected chi connectivity index (χ4v) is 11.3. The molecule has 10 rings (SSSR count). The van der Waals surface area contributed by atoms with E-state index in [0.29, 0.717) is 0 Å². The quantitative estimate of drug-likeness (QED) is 0.168. The van der Waals surface area contributed by atoms with E-state index in [1.165, 1.54) is 86.8 Å². The van der Waals surface area contributed by atoms with Crippen molar-refractivity contribution in [2.75, 3.05) is 4.90 Å². The van der Waals surface area contributed by atoms with E-state index >= 15 is 0 Å². The predicted molar refractivity (Wildman–Crippen MR) is 257 cm³/mol. The lowest BCUT2D eigenvalue weighted by atomic mass is 9.70. The molecule has 7 aromatic carbocycles. The number of thiophene rings is 1. The second-order valence-electron chi connectivity index (χ2n) is 19.4. The Hall–Kier alpha value is -5.70. The number of hydrogen-bond acceptors (Lipinski definition) is 2. The third kappa shape index (κ3) is 6.18. The monoisotopic (exact) mass is 783 g/mol. The molecule has 0 N–H and O–H groups in total. The number of hydrogen-bond donors (Lipinski definition) is 0. The molecular formula is C57H53NS. The van der Waals surface area contributed by atoms with Crippen molar-refractivity contribution in [1.82, 2.24) is 0 Å². The minimum Gasteiger partial charge on any atom is -0.310 e. The van der Waals surface area contributed by atoms with E-state index in [1.54, 1.807) is 0 Å². The van der Waals surface area contributed by atoms with Crippen LogP contribution in [0.5, 0.6) is 0 Å². The van der Waals surface area contributed by atoms with Gasteiger partial charge in [0, 0.05) is 48.8 Å². The van der Waals surface area contributed by atoms with Gasteiger partial charge in [-0.2, -0.15) is 0 Å². The van der Waals surface area contributed by atoms with Crippen LogP contribution in [0.4, 0.5) is 17.1 Å². The molecule has 0 saturated carbocycles. The van der Waals surface area contributed by atoms with Crippen molar-refractivity contribution in [3.63, 3.8) is 0 Å². The van der Waals surface area contributed by atoms with Crippen LogP contribution in [0.3, 0.4) is 0 Å². The van der Waals surface area contributed by atoms with Crippen molar-refractivity contribution in [1.29, 1.82) is 0 Å². The molecule has 2 heteroatoms. The molecule has 1 nitrogen and oxygen atoms in total. The maximum atomic E-state index is 2.57. The number of rotatable bonds is 5. The smallest absolute Gasteiger partial charge is 0.0554 e. The summed E-state index contributed by atoms with van der Waals surface area (Å²) in [6.45, 7) is 19.2. The minimum atomic E-state index is -0.103. The summed E-state index contributed by atoms with van der Waals surface area (Å²) in [7, 11) is 0. The highest BCUT2D eigenvalue weighted by Crippen LogP contribution is 2.61. The lowest BCUT2D eigenvalue weighted by Crippen LogP contribution is -2.22. The van der Waals surface area contributed by atoms with Crippen LogP contribution in [0.15, 0.2) is 169 Å². The van der Waals surface area contributed by atoms with Crippen molar-refractivity contribution in [2.24, 2.45) is 0 Å². The number of nitrogens with zero attached hydrogens (tertiary/aromatic N) is 1. The second kappa shape index (κ2) is 13.7. The number of benzene rings is 7. The van der Waals surface area contributed by atoms with Gasteiger partial charge in [-0.25, -0.2) is 0 Å². The maximum Gasteiger partial charge on any atom is 0.0554 e. The highest BCUT2D eigenvalue weighted by Gasteiger charge is 2.48. The summed E-state index contributed by atoms with van der Waals surface area (Å²) in [6, 6.07) is 54.8. The molecule has 292 valence electrons. The summed E-state index contributed by atoms with van der Waals surface area (Å²) in [5.74, 6) is 0.357.